The molecule has 4 aromatic rings. The SMILES string of the molecule is COC(=O)c1ccc(-[n+]2ccc(-c3cc[n+](-c4ccc(C(=O)OC)cc4)cc3)cc2)cc1. The number of aromatic nitrogens is 2. The highest BCUT2D eigenvalue weighted by Crippen LogP contribution is 2.17. The fourth-order valence-corrected chi connectivity index (χ4v) is 3.36. The summed E-state index contributed by atoms with van der Waals surface area (Å²) in [5.41, 5.74) is 5.11. The summed E-state index contributed by atoms with van der Waals surface area (Å²) in [7, 11) is 2.74. The van der Waals surface area contributed by atoms with Gasteiger partial charge in [-0.3, -0.25) is 0 Å². The largest absolute Gasteiger partial charge is 0.465 e. The summed E-state index contributed by atoms with van der Waals surface area (Å²) >= 11 is 0. The quantitative estimate of drug-likeness (QED) is 0.362. The first kappa shape index (κ1) is 20.9. The van der Waals surface area contributed by atoms with E-state index in [0.29, 0.717) is 11.1 Å². The van der Waals surface area contributed by atoms with Gasteiger partial charge in [0.05, 0.1) is 25.3 Å². The second kappa shape index (κ2) is 9.22. The van der Waals surface area contributed by atoms with E-state index < -0.39 is 0 Å². The fraction of sp³-hybridized carbons (Fsp3) is 0.0769. The molecule has 2 aromatic carbocycles. The molecule has 0 spiro atoms. The van der Waals surface area contributed by atoms with Crippen molar-refractivity contribution in [1.29, 1.82) is 0 Å². The average molecular weight is 426 g/mol. The van der Waals surface area contributed by atoms with Crippen LogP contribution in [0.25, 0.3) is 22.5 Å². The molecule has 2 aromatic heterocycles. The maximum Gasteiger partial charge on any atom is 0.337 e. The Morgan fingerprint density at radius 3 is 1.12 bits per heavy atom. The molecule has 0 radical (unpaired) electrons. The predicted molar refractivity (Wildman–Crippen MR) is 118 cm³/mol. The molecule has 0 aliphatic heterocycles. The Hall–Kier alpha value is -4.32. The second-order valence-corrected chi connectivity index (χ2v) is 7.07. The Balaban J connectivity index is 1.50. The zero-order valence-electron chi connectivity index (χ0n) is 17.8. The minimum atomic E-state index is -0.349. The lowest BCUT2D eigenvalue weighted by Crippen LogP contribution is -2.29. The normalized spacial score (nSPS) is 10.4. The van der Waals surface area contributed by atoms with Gasteiger partial charge in [-0.15, -0.1) is 0 Å². The molecule has 158 valence electrons. The zero-order valence-corrected chi connectivity index (χ0v) is 17.8. The molecular weight excluding hydrogens is 404 g/mol. The van der Waals surface area contributed by atoms with Gasteiger partial charge in [0.1, 0.15) is 0 Å². The number of hydrogen-bond donors (Lipinski definition) is 0. The van der Waals surface area contributed by atoms with Crippen molar-refractivity contribution in [3.63, 3.8) is 0 Å². The van der Waals surface area contributed by atoms with Crippen molar-refractivity contribution in [1.82, 2.24) is 0 Å². The Bertz CT molecular complexity index is 1130. The van der Waals surface area contributed by atoms with Crippen LogP contribution in [0, 0.1) is 0 Å². The summed E-state index contributed by atoms with van der Waals surface area (Å²) < 4.78 is 13.4. The monoisotopic (exact) mass is 426 g/mol. The number of esters is 2. The van der Waals surface area contributed by atoms with Crippen molar-refractivity contribution in [3.05, 3.63) is 109 Å². The van der Waals surface area contributed by atoms with Crippen LogP contribution in [-0.4, -0.2) is 26.2 Å². The Morgan fingerprint density at radius 1 is 0.531 bits per heavy atom. The van der Waals surface area contributed by atoms with Gasteiger partial charge in [0, 0.05) is 48.5 Å². The lowest BCUT2D eigenvalue weighted by atomic mass is 10.1. The van der Waals surface area contributed by atoms with Crippen LogP contribution in [0.4, 0.5) is 0 Å². The Kier molecular flexibility index (Phi) is 6.03. The highest BCUT2D eigenvalue weighted by atomic mass is 16.5. The number of carbonyl (C=O) groups excluding carboxylic acids is 2. The number of hydrogen-bond acceptors (Lipinski definition) is 4. The van der Waals surface area contributed by atoms with Crippen LogP contribution in [0.3, 0.4) is 0 Å². The number of rotatable bonds is 5. The third kappa shape index (κ3) is 4.39. The van der Waals surface area contributed by atoms with Crippen LogP contribution >= 0.6 is 0 Å². The molecule has 0 saturated carbocycles. The van der Waals surface area contributed by atoms with Gasteiger partial charge in [-0.2, -0.15) is 9.13 Å². The van der Waals surface area contributed by atoms with Gasteiger partial charge in [-0.25, -0.2) is 9.59 Å². The lowest BCUT2D eigenvalue weighted by Gasteiger charge is -2.03. The maximum atomic E-state index is 11.6. The van der Waals surface area contributed by atoms with Gasteiger partial charge in [0.2, 0.25) is 11.4 Å². The fourth-order valence-electron chi connectivity index (χ4n) is 3.36. The molecule has 0 aliphatic rings. The molecule has 0 unspecified atom stereocenters. The molecular formula is C26H22N2O4+2. The van der Waals surface area contributed by atoms with Crippen LogP contribution in [0.1, 0.15) is 20.7 Å². The minimum absolute atomic E-state index is 0.349. The van der Waals surface area contributed by atoms with Crippen LogP contribution in [0.2, 0.25) is 0 Å². The molecule has 32 heavy (non-hydrogen) atoms. The Labute approximate surface area is 185 Å². The van der Waals surface area contributed by atoms with Gasteiger partial charge < -0.3 is 9.47 Å². The van der Waals surface area contributed by atoms with Gasteiger partial charge in [0.25, 0.3) is 0 Å². The van der Waals surface area contributed by atoms with Crippen molar-refractivity contribution >= 4 is 11.9 Å². The molecule has 2 heterocycles. The number of carbonyl (C=O) groups is 2. The van der Waals surface area contributed by atoms with Crippen molar-refractivity contribution in [2.75, 3.05) is 14.2 Å². The summed E-state index contributed by atoms with van der Waals surface area (Å²) in [6, 6.07) is 22.7. The van der Waals surface area contributed by atoms with E-state index in [9.17, 15) is 9.59 Å². The lowest BCUT2D eigenvalue weighted by molar-refractivity contribution is -0.596. The molecule has 0 amide bonds. The van der Waals surface area contributed by atoms with Crippen LogP contribution in [-0.2, 0) is 9.47 Å². The number of methoxy groups -OCH3 is 2. The smallest absolute Gasteiger partial charge is 0.337 e. The van der Waals surface area contributed by atoms with Gasteiger partial charge in [-0.1, -0.05) is 0 Å². The summed E-state index contributed by atoms with van der Waals surface area (Å²) in [5.74, 6) is -0.699. The molecule has 0 fully saturated rings. The van der Waals surface area contributed by atoms with Gasteiger partial charge in [0.15, 0.2) is 24.8 Å². The summed E-state index contributed by atoms with van der Waals surface area (Å²) in [4.78, 5) is 23.2. The standard InChI is InChI=1S/C26H22N2O4/c1-31-25(29)21-3-7-23(8-4-21)27-15-11-19(12-16-27)20-13-17-28(18-14-20)24-9-5-22(6-10-24)26(30)32-2/h3-18H,1-2H3/q+2. The van der Waals surface area contributed by atoms with E-state index in [4.69, 9.17) is 9.47 Å². The summed E-state index contributed by atoms with van der Waals surface area (Å²) in [6.45, 7) is 0. The van der Waals surface area contributed by atoms with E-state index in [1.165, 1.54) is 14.2 Å². The van der Waals surface area contributed by atoms with E-state index in [1.54, 1.807) is 24.3 Å². The first-order valence-electron chi connectivity index (χ1n) is 9.99. The number of benzene rings is 2. The molecule has 0 bridgehead atoms. The molecule has 0 saturated heterocycles. The number of ether oxygens (including phenoxy) is 2. The molecule has 0 atom stereocenters. The molecule has 6 heteroatoms. The third-order valence-electron chi connectivity index (χ3n) is 5.17. The van der Waals surface area contributed by atoms with Crippen LogP contribution in [0.15, 0.2) is 97.6 Å². The van der Waals surface area contributed by atoms with Crippen molar-refractivity contribution in [3.8, 4) is 22.5 Å². The van der Waals surface area contributed by atoms with Crippen molar-refractivity contribution in [2.45, 2.75) is 0 Å². The summed E-state index contributed by atoms with van der Waals surface area (Å²) in [6.07, 6.45) is 7.92. The van der Waals surface area contributed by atoms with E-state index in [-0.39, 0.29) is 11.9 Å². The van der Waals surface area contributed by atoms with Gasteiger partial charge >= 0.3 is 11.9 Å². The van der Waals surface area contributed by atoms with Crippen LogP contribution < -0.4 is 9.13 Å². The highest BCUT2D eigenvalue weighted by molar-refractivity contribution is 5.89. The van der Waals surface area contributed by atoms with Crippen molar-refractivity contribution < 1.29 is 28.2 Å². The topological polar surface area (TPSA) is 60.4 Å². The maximum absolute atomic E-state index is 11.6. The molecule has 6 nitrogen and oxygen atoms in total. The van der Waals surface area contributed by atoms with E-state index >= 15 is 0 Å². The van der Waals surface area contributed by atoms with E-state index in [0.717, 1.165) is 22.5 Å². The highest BCUT2D eigenvalue weighted by Gasteiger charge is 2.12. The average Bonchev–Trinajstić information content (AvgIpc) is 2.88. The Morgan fingerprint density at radius 2 is 0.844 bits per heavy atom. The second-order valence-electron chi connectivity index (χ2n) is 7.07. The first-order valence-corrected chi connectivity index (χ1v) is 9.99. The first-order chi connectivity index (χ1) is 15.6. The van der Waals surface area contributed by atoms with Gasteiger partial charge in [-0.05, 0) is 35.4 Å². The predicted octanol–water partition coefficient (Wildman–Crippen LogP) is 3.48. The third-order valence-corrected chi connectivity index (χ3v) is 5.17. The minimum Gasteiger partial charge on any atom is -0.465 e. The summed E-state index contributed by atoms with van der Waals surface area (Å²) in [5, 5.41) is 0. The number of nitrogens with zero attached hydrogens (tertiary/aromatic N) is 2. The van der Waals surface area contributed by atoms with E-state index in [1.807, 2.05) is 82.5 Å². The molecule has 4 rings (SSSR count). The molecule has 0 N–H and O–H groups in total. The van der Waals surface area contributed by atoms with Crippen LogP contribution in [0.5, 0.6) is 0 Å². The van der Waals surface area contributed by atoms with Crippen molar-refractivity contribution in [2.24, 2.45) is 0 Å². The zero-order chi connectivity index (χ0) is 22.5. The van der Waals surface area contributed by atoms with E-state index in [2.05, 4.69) is 0 Å². The molecule has 0 aliphatic carbocycles. The number of pyridine rings is 2.